The van der Waals surface area contributed by atoms with Gasteiger partial charge in [-0.3, -0.25) is 0 Å². The van der Waals surface area contributed by atoms with Crippen molar-refractivity contribution in [2.45, 2.75) is 45.8 Å². The van der Waals surface area contributed by atoms with E-state index in [9.17, 15) is 14.3 Å². The maximum absolute atomic E-state index is 14.6. The number of aromatic carboxylic acids is 1. The minimum Gasteiger partial charge on any atom is -0.478 e. The molecule has 0 spiro atoms. The number of hydrogen-bond donors (Lipinski definition) is 1. The van der Waals surface area contributed by atoms with Crippen molar-refractivity contribution in [1.29, 1.82) is 0 Å². The molecule has 0 aliphatic heterocycles. The fourth-order valence-corrected chi connectivity index (χ4v) is 2.73. The Morgan fingerprint density at radius 1 is 1.29 bits per heavy atom. The quantitative estimate of drug-likeness (QED) is 0.846. The summed E-state index contributed by atoms with van der Waals surface area (Å²) in [6.07, 6.45) is 2.30. The van der Waals surface area contributed by atoms with E-state index < -0.39 is 18.1 Å². The highest BCUT2D eigenvalue weighted by molar-refractivity contribution is 5.90. The first kappa shape index (κ1) is 15.8. The van der Waals surface area contributed by atoms with Gasteiger partial charge >= 0.3 is 5.97 Å². The van der Waals surface area contributed by atoms with Gasteiger partial charge in [0.05, 0.1) is 5.56 Å². The lowest BCUT2D eigenvalue weighted by molar-refractivity contribution is -0.0852. The Kier molecular flexibility index (Phi) is 4.83. The van der Waals surface area contributed by atoms with Crippen molar-refractivity contribution in [3.63, 3.8) is 0 Å². The Morgan fingerprint density at radius 2 is 1.90 bits per heavy atom. The van der Waals surface area contributed by atoms with E-state index in [0.717, 1.165) is 12.8 Å². The van der Waals surface area contributed by atoms with Gasteiger partial charge < -0.3 is 14.6 Å². The average molecular weight is 296 g/mol. The average Bonchev–Trinajstić information content (AvgIpc) is 2.46. The summed E-state index contributed by atoms with van der Waals surface area (Å²) in [6.45, 7) is 3.78. The second-order valence-electron chi connectivity index (χ2n) is 5.67. The van der Waals surface area contributed by atoms with E-state index in [1.54, 1.807) is 0 Å². The van der Waals surface area contributed by atoms with Crippen LogP contribution < -0.4 is 4.74 Å². The summed E-state index contributed by atoms with van der Waals surface area (Å²) in [5.41, 5.74) is 1.23. The molecule has 21 heavy (non-hydrogen) atoms. The predicted octanol–water partition coefficient (Wildman–Crippen LogP) is 3.41. The van der Waals surface area contributed by atoms with Crippen LogP contribution in [0.1, 0.15) is 48.2 Å². The van der Waals surface area contributed by atoms with E-state index >= 15 is 0 Å². The third-order valence-electron chi connectivity index (χ3n) is 3.80. The van der Waals surface area contributed by atoms with Crippen molar-refractivity contribution in [3.8, 4) is 5.75 Å². The molecule has 4 nitrogen and oxygen atoms in total. The van der Waals surface area contributed by atoms with E-state index in [0.29, 0.717) is 24.0 Å². The third kappa shape index (κ3) is 3.18. The van der Waals surface area contributed by atoms with Gasteiger partial charge in [0.2, 0.25) is 6.29 Å². The van der Waals surface area contributed by atoms with Crippen molar-refractivity contribution < 1.29 is 23.8 Å². The highest BCUT2D eigenvalue weighted by Crippen LogP contribution is 2.34. The summed E-state index contributed by atoms with van der Waals surface area (Å²) in [5.74, 6) is -1.50. The van der Waals surface area contributed by atoms with E-state index in [1.807, 2.05) is 13.8 Å². The van der Waals surface area contributed by atoms with Crippen molar-refractivity contribution in [2.75, 3.05) is 7.11 Å². The number of ether oxygens (including phenoxy) is 2. The molecule has 1 N–H and O–H groups in total. The highest BCUT2D eigenvalue weighted by atomic mass is 19.1. The number of benzene rings is 1. The zero-order valence-corrected chi connectivity index (χ0v) is 12.6. The topological polar surface area (TPSA) is 55.8 Å². The van der Waals surface area contributed by atoms with Gasteiger partial charge in [0, 0.05) is 13.0 Å². The number of carboxylic acid groups (broad SMARTS) is 1. The number of halogens is 1. The summed E-state index contributed by atoms with van der Waals surface area (Å²) in [4.78, 5) is 11.4. The van der Waals surface area contributed by atoms with E-state index in [4.69, 9.17) is 9.47 Å². The molecule has 1 aromatic carbocycles. The summed E-state index contributed by atoms with van der Waals surface area (Å²) in [7, 11) is 1.49. The van der Waals surface area contributed by atoms with Crippen LogP contribution in [0.3, 0.4) is 0 Å². The van der Waals surface area contributed by atoms with Crippen LogP contribution in [0.25, 0.3) is 0 Å². The zero-order chi connectivity index (χ0) is 15.6. The Balaban J connectivity index is 2.46. The first-order valence-corrected chi connectivity index (χ1v) is 7.22. The predicted molar refractivity (Wildman–Crippen MR) is 76.3 cm³/mol. The normalized spacial score (nSPS) is 15.7. The van der Waals surface area contributed by atoms with Gasteiger partial charge in [-0.2, -0.15) is 0 Å². The Bertz CT molecular complexity index is 540. The van der Waals surface area contributed by atoms with Crippen LogP contribution in [0.4, 0.5) is 4.39 Å². The molecule has 0 saturated heterocycles. The molecule has 0 radical (unpaired) electrons. The van der Waals surface area contributed by atoms with Crippen molar-refractivity contribution in [1.82, 2.24) is 0 Å². The minimum atomic E-state index is -1.04. The van der Waals surface area contributed by atoms with Crippen LogP contribution in [-0.2, 0) is 17.6 Å². The monoisotopic (exact) mass is 296 g/mol. The summed E-state index contributed by atoms with van der Waals surface area (Å²) >= 11 is 0. The number of fused-ring (bicyclic) bond motifs is 1. The number of carboxylic acids is 1. The molecule has 1 unspecified atom stereocenters. The SMILES string of the molecule is COC(Oc1cc(C(=O)O)c2c(c1F)CCCC2)C(C)C. The van der Waals surface area contributed by atoms with Crippen LogP contribution in [0, 0.1) is 11.7 Å². The van der Waals surface area contributed by atoms with E-state index in [-0.39, 0.29) is 17.2 Å². The molecule has 0 bridgehead atoms. The molecule has 0 aromatic heterocycles. The molecule has 0 amide bonds. The smallest absolute Gasteiger partial charge is 0.336 e. The van der Waals surface area contributed by atoms with Crippen molar-refractivity contribution in [2.24, 2.45) is 5.92 Å². The van der Waals surface area contributed by atoms with Crippen LogP contribution in [-0.4, -0.2) is 24.5 Å². The summed E-state index contributed by atoms with van der Waals surface area (Å²) in [6, 6.07) is 1.29. The first-order valence-electron chi connectivity index (χ1n) is 7.22. The number of rotatable bonds is 5. The van der Waals surface area contributed by atoms with E-state index in [1.165, 1.54) is 13.2 Å². The summed E-state index contributed by atoms with van der Waals surface area (Å²) in [5, 5.41) is 9.35. The van der Waals surface area contributed by atoms with Crippen LogP contribution in [0.15, 0.2) is 6.07 Å². The van der Waals surface area contributed by atoms with Crippen LogP contribution in [0.2, 0.25) is 0 Å². The maximum atomic E-state index is 14.6. The fourth-order valence-electron chi connectivity index (χ4n) is 2.73. The van der Waals surface area contributed by atoms with Gasteiger partial charge in [0.1, 0.15) is 0 Å². The fraction of sp³-hybridized carbons (Fsp3) is 0.562. The van der Waals surface area contributed by atoms with Crippen molar-refractivity contribution >= 4 is 5.97 Å². The van der Waals surface area contributed by atoms with Gasteiger partial charge in [0.25, 0.3) is 0 Å². The molecule has 1 aliphatic carbocycles. The first-order chi connectivity index (χ1) is 9.95. The number of methoxy groups -OCH3 is 1. The molecule has 1 atom stereocenters. The van der Waals surface area contributed by atoms with Crippen LogP contribution >= 0.6 is 0 Å². The highest BCUT2D eigenvalue weighted by Gasteiger charge is 2.26. The molecule has 0 saturated carbocycles. The number of hydrogen-bond acceptors (Lipinski definition) is 3. The Hall–Kier alpha value is -1.62. The molecule has 5 heteroatoms. The molecule has 1 aliphatic rings. The molecule has 2 rings (SSSR count). The molecule has 0 fully saturated rings. The largest absolute Gasteiger partial charge is 0.478 e. The summed E-state index contributed by atoms with van der Waals surface area (Å²) < 4.78 is 25.3. The Morgan fingerprint density at radius 3 is 2.43 bits per heavy atom. The van der Waals surface area contributed by atoms with E-state index in [2.05, 4.69) is 0 Å². The molecule has 1 aromatic rings. The van der Waals surface area contributed by atoms with Gasteiger partial charge in [-0.15, -0.1) is 0 Å². The maximum Gasteiger partial charge on any atom is 0.336 e. The van der Waals surface area contributed by atoms with Gasteiger partial charge in [-0.25, -0.2) is 9.18 Å². The van der Waals surface area contributed by atoms with Crippen molar-refractivity contribution in [3.05, 3.63) is 28.6 Å². The molecule has 116 valence electrons. The molecule has 0 heterocycles. The van der Waals surface area contributed by atoms with Gasteiger partial charge in [-0.05, 0) is 42.9 Å². The second-order valence-corrected chi connectivity index (χ2v) is 5.67. The Labute approximate surface area is 123 Å². The lowest BCUT2D eigenvalue weighted by Gasteiger charge is -2.24. The molecular formula is C16H21FO4. The zero-order valence-electron chi connectivity index (χ0n) is 12.6. The second kappa shape index (κ2) is 6.43. The van der Waals surface area contributed by atoms with Gasteiger partial charge in [0.15, 0.2) is 11.6 Å². The standard InChI is InChI=1S/C16H21FO4/c1-9(2)16(20-3)21-13-8-12(15(18)19)10-6-4-5-7-11(10)14(13)17/h8-9,16H,4-7H2,1-3H3,(H,18,19). The number of carbonyl (C=O) groups is 1. The molecular weight excluding hydrogens is 275 g/mol. The minimum absolute atomic E-state index is 0.0266. The van der Waals surface area contributed by atoms with Crippen LogP contribution in [0.5, 0.6) is 5.75 Å². The lowest BCUT2D eigenvalue weighted by atomic mass is 9.87. The van der Waals surface area contributed by atoms with Gasteiger partial charge in [-0.1, -0.05) is 13.8 Å². The third-order valence-corrected chi connectivity index (χ3v) is 3.80. The lowest BCUT2D eigenvalue weighted by Crippen LogP contribution is -2.26.